The molecule has 6 atom stereocenters. The number of hydrogen-bond donors (Lipinski definition) is 6. The van der Waals surface area contributed by atoms with Crippen LogP contribution >= 0.6 is 0 Å². The second-order valence-corrected chi connectivity index (χ2v) is 13.9. The Balaban J connectivity index is 1.84. The van der Waals surface area contributed by atoms with Crippen molar-refractivity contribution < 1.29 is 73.7 Å². The Bertz CT molecular complexity index is 1240. The minimum atomic E-state index is -2.35. The number of esters is 2. The summed E-state index contributed by atoms with van der Waals surface area (Å²) in [5, 5.41) is 61.2. The summed E-state index contributed by atoms with van der Waals surface area (Å²) in [4.78, 5) is 104. The van der Waals surface area contributed by atoms with Crippen LogP contribution in [0.25, 0.3) is 0 Å². The lowest BCUT2D eigenvalue weighted by atomic mass is 9.46. The highest BCUT2D eigenvalue weighted by Gasteiger charge is 2.71. The molecule has 4 rings (SSSR count). The van der Waals surface area contributed by atoms with Crippen LogP contribution in [-0.4, -0.2) is 78.4 Å². The molecule has 0 saturated heterocycles. The zero-order valence-electron chi connectivity index (χ0n) is 26.0. The first kappa shape index (κ1) is 35.8. The van der Waals surface area contributed by atoms with E-state index in [1.165, 1.54) is 0 Å². The molecule has 6 unspecified atom stereocenters. The van der Waals surface area contributed by atoms with Crippen LogP contribution in [0.5, 0.6) is 0 Å². The standard InChI is InChI=1S/C32H42O15/c33-21(34)17-7-13-31(25(41)42,19(15-17)23(37)38)29(9-3-1-4-10-29)27(45)47-28(46)30(11-5-2-6-12-30)32(26(43)44)14-8-18(22(35)36)16-20(32)24(39)40/h17-20H,1-16H2,(H,33,34)(H,35,36)(H,37,38)(H,39,40)(H,41,42)(H,43,44). The van der Waals surface area contributed by atoms with Gasteiger partial charge in [0.05, 0.1) is 45.3 Å². The van der Waals surface area contributed by atoms with E-state index in [-0.39, 0.29) is 64.2 Å². The van der Waals surface area contributed by atoms with Crippen molar-refractivity contribution in [3.63, 3.8) is 0 Å². The monoisotopic (exact) mass is 666 g/mol. The normalized spacial score (nSPS) is 33.4. The first-order valence-electron chi connectivity index (χ1n) is 16.2. The summed E-state index contributed by atoms with van der Waals surface area (Å²) >= 11 is 0. The van der Waals surface area contributed by atoms with Crippen molar-refractivity contribution in [2.45, 2.75) is 103 Å². The third kappa shape index (κ3) is 5.54. The quantitative estimate of drug-likeness (QED) is 0.144. The summed E-state index contributed by atoms with van der Waals surface area (Å²) in [5.74, 6) is -17.9. The molecule has 15 nitrogen and oxygen atoms in total. The van der Waals surface area contributed by atoms with E-state index in [0.29, 0.717) is 12.8 Å². The van der Waals surface area contributed by atoms with Gasteiger partial charge in [-0.15, -0.1) is 0 Å². The third-order valence-electron chi connectivity index (χ3n) is 12.2. The SMILES string of the molecule is O=C(O)C1CCC(C(=O)O)(C2(C(=O)OC(=O)C3(C4(C(=O)O)CCC(C(=O)O)CC4C(=O)O)CCCCC3)CCCCC2)C(C(=O)O)C1. The van der Waals surface area contributed by atoms with Gasteiger partial charge in [-0.3, -0.25) is 38.4 Å². The lowest BCUT2D eigenvalue weighted by Gasteiger charge is -2.54. The molecular formula is C32H42O15. The van der Waals surface area contributed by atoms with Crippen molar-refractivity contribution in [1.82, 2.24) is 0 Å². The second kappa shape index (κ2) is 13.2. The van der Waals surface area contributed by atoms with Crippen LogP contribution in [0.3, 0.4) is 0 Å². The summed E-state index contributed by atoms with van der Waals surface area (Å²) in [6.45, 7) is 0. The van der Waals surface area contributed by atoms with Crippen molar-refractivity contribution in [3.8, 4) is 0 Å². The summed E-state index contributed by atoms with van der Waals surface area (Å²) in [5.41, 5.74) is -8.87. The number of carboxylic acids is 6. The van der Waals surface area contributed by atoms with Gasteiger partial charge in [0, 0.05) is 0 Å². The van der Waals surface area contributed by atoms with Crippen LogP contribution in [0.2, 0.25) is 0 Å². The molecule has 47 heavy (non-hydrogen) atoms. The molecule has 15 heteroatoms. The molecule has 6 N–H and O–H groups in total. The number of hydrogen-bond acceptors (Lipinski definition) is 9. The zero-order valence-corrected chi connectivity index (χ0v) is 26.0. The maximum absolute atomic E-state index is 14.5. The van der Waals surface area contributed by atoms with E-state index in [0.717, 1.165) is 0 Å². The first-order chi connectivity index (χ1) is 22.0. The molecule has 4 aliphatic carbocycles. The van der Waals surface area contributed by atoms with Gasteiger partial charge in [0.2, 0.25) is 0 Å². The van der Waals surface area contributed by atoms with Crippen molar-refractivity contribution in [2.75, 3.05) is 0 Å². The molecule has 0 bridgehead atoms. The van der Waals surface area contributed by atoms with Gasteiger partial charge in [-0.1, -0.05) is 38.5 Å². The molecule has 0 aliphatic heterocycles. The minimum absolute atomic E-state index is 0.179. The topological polar surface area (TPSA) is 267 Å². The van der Waals surface area contributed by atoms with Gasteiger partial charge in [-0.25, -0.2) is 0 Å². The number of aliphatic carboxylic acids is 6. The average Bonchev–Trinajstić information content (AvgIpc) is 3.03. The Morgan fingerprint density at radius 2 is 0.766 bits per heavy atom. The van der Waals surface area contributed by atoms with Gasteiger partial charge in [-0.2, -0.15) is 0 Å². The van der Waals surface area contributed by atoms with E-state index >= 15 is 0 Å². The summed E-state index contributed by atoms with van der Waals surface area (Å²) in [6, 6.07) is 0. The molecule has 0 heterocycles. The van der Waals surface area contributed by atoms with E-state index in [2.05, 4.69) is 0 Å². The van der Waals surface area contributed by atoms with Gasteiger partial charge < -0.3 is 35.4 Å². The smallest absolute Gasteiger partial charge is 0.320 e. The Morgan fingerprint density at radius 3 is 1.02 bits per heavy atom. The largest absolute Gasteiger partial charge is 0.481 e. The fourth-order valence-corrected chi connectivity index (χ4v) is 9.75. The Labute approximate surface area is 269 Å². The lowest BCUT2D eigenvalue weighted by Crippen LogP contribution is -2.64. The van der Waals surface area contributed by atoms with E-state index < -0.39 is 119 Å². The van der Waals surface area contributed by atoms with Gasteiger partial charge in [0.1, 0.15) is 0 Å². The van der Waals surface area contributed by atoms with E-state index in [1.807, 2.05) is 0 Å². The third-order valence-corrected chi connectivity index (χ3v) is 12.2. The number of ether oxygens (including phenoxy) is 1. The molecule has 4 fully saturated rings. The maximum Gasteiger partial charge on any atom is 0.320 e. The number of carboxylic acid groups (broad SMARTS) is 6. The van der Waals surface area contributed by atoms with Gasteiger partial charge in [0.25, 0.3) is 0 Å². The molecular weight excluding hydrogens is 624 g/mol. The predicted molar refractivity (Wildman–Crippen MR) is 154 cm³/mol. The van der Waals surface area contributed by atoms with Crippen molar-refractivity contribution >= 4 is 47.8 Å². The molecule has 0 spiro atoms. The van der Waals surface area contributed by atoms with Gasteiger partial charge >= 0.3 is 47.8 Å². The summed E-state index contributed by atoms with van der Waals surface area (Å²) in [7, 11) is 0. The Kier molecular flexibility index (Phi) is 10.1. The van der Waals surface area contributed by atoms with Crippen LogP contribution in [0.15, 0.2) is 0 Å². The Morgan fingerprint density at radius 1 is 0.447 bits per heavy atom. The van der Waals surface area contributed by atoms with Crippen LogP contribution in [0, 0.1) is 45.3 Å². The van der Waals surface area contributed by atoms with Crippen LogP contribution in [0.1, 0.15) is 103 Å². The summed E-state index contributed by atoms with van der Waals surface area (Å²) < 4.78 is 5.57. The molecule has 0 radical (unpaired) electrons. The number of carbonyl (C=O) groups excluding carboxylic acids is 2. The minimum Gasteiger partial charge on any atom is -0.481 e. The lowest BCUT2D eigenvalue weighted by molar-refractivity contribution is -0.212. The molecule has 0 aromatic carbocycles. The molecule has 0 aromatic rings. The molecule has 4 saturated carbocycles. The molecule has 4 aliphatic rings. The summed E-state index contributed by atoms with van der Waals surface area (Å²) in [6.07, 6.45) is -1.13. The second-order valence-electron chi connectivity index (χ2n) is 13.9. The molecule has 0 aromatic heterocycles. The van der Waals surface area contributed by atoms with Crippen molar-refractivity contribution in [2.24, 2.45) is 45.3 Å². The Hall–Kier alpha value is -4.04. The van der Waals surface area contributed by atoms with Crippen LogP contribution in [0.4, 0.5) is 0 Å². The fraction of sp³-hybridized carbons (Fsp3) is 0.750. The van der Waals surface area contributed by atoms with Gasteiger partial charge in [-0.05, 0) is 64.2 Å². The molecule has 260 valence electrons. The first-order valence-corrected chi connectivity index (χ1v) is 16.2. The fourth-order valence-electron chi connectivity index (χ4n) is 9.75. The van der Waals surface area contributed by atoms with Crippen molar-refractivity contribution in [3.05, 3.63) is 0 Å². The van der Waals surface area contributed by atoms with Gasteiger partial charge in [0.15, 0.2) is 0 Å². The maximum atomic E-state index is 14.5. The van der Waals surface area contributed by atoms with E-state index in [9.17, 15) is 69.0 Å². The highest BCUT2D eigenvalue weighted by Crippen LogP contribution is 2.63. The number of rotatable bonds is 10. The average molecular weight is 667 g/mol. The number of carbonyl (C=O) groups is 8. The van der Waals surface area contributed by atoms with Crippen molar-refractivity contribution in [1.29, 1.82) is 0 Å². The van der Waals surface area contributed by atoms with Crippen LogP contribution in [-0.2, 0) is 43.1 Å². The predicted octanol–water partition coefficient (Wildman–Crippen LogP) is 3.27. The van der Waals surface area contributed by atoms with E-state index in [4.69, 9.17) is 4.74 Å². The highest BCUT2D eigenvalue weighted by atomic mass is 16.6. The molecule has 0 amide bonds. The van der Waals surface area contributed by atoms with E-state index in [1.54, 1.807) is 0 Å². The zero-order chi connectivity index (χ0) is 34.9. The highest BCUT2D eigenvalue weighted by molar-refractivity contribution is 6.00. The van der Waals surface area contributed by atoms with Crippen LogP contribution < -0.4 is 0 Å².